The Balaban J connectivity index is 1.96. The Morgan fingerprint density at radius 1 is 1.05 bits per heavy atom. The molecule has 5 heteroatoms. The molecule has 0 bridgehead atoms. The third-order valence-corrected chi connectivity index (χ3v) is 3.65. The molecule has 1 aliphatic rings. The van der Waals surface area contributed by atoms with E-state index in [0.29, 0.717) is 12.7 Å². The Kier molecular flexibility index (Phi) is 3.49. The summed E-state index contributed by atoms with van der Waals surface area (Å²) in [6, 6.07) is 8.58. The number of hydrogen-bond donors (Lipinski definition) is 1. The van der Waals surface area contributed by atoms with Gasteiger partial charge in [0.25, 0.3) is 0 Å². The summed E-state index contributed by atoms with van der Waals surface area (Å²) in [7, 11) is 0. The molecule has 2 nitrogen and oxygen atoms in total. The van der Waals surface area contributed by atoms with Crippen LogP contribution in [0.1, 0.15) is 18.5 Å². The number of rotatable bonds is 2. The van der Waals surface area contributed by atoms with Crippen LogP contribution in [0.25, 0.3) is 0 Å². The van der Waals surface area contributed by atoms with Crippen LogP contribution in [0.15, 0.2) is 36.4 Å². The van der Waals surface area contributed by atoms with Crippen LogP contribution in [0.4, 0.5) is 18.9 Å². The van der Waals surface area contributed by atoms with Crippen molar-refractivity contribution in [1.29, 1.82) is 0 Å². The Morgan fingerprint density at radius 3 is 2.57 bits per heavy atom. The molecule has 0 radical (unpaired) electrons. The Bertz CT molecular complexity index is 675. The van der Waals surface area contributed by atoms with Gasteiger partial charge in [0.2, 0.25) is 0 Å². The number of anilines is 1. The summed E-state index contributed by atoms with van der Waals surface area (Å²) in [5.41, 5.74) is 0.822. The van der Waals surface area contributed by atoms with Gasteiger partial charge in [-0.1, -0.05) is 25.1 Å². The van der Waals surface area contributed by atoms with E-state index in [0.717, 1.165) is 17.4 Å². The Morgan fingerprint density at radius 2 is 1.76 bits per heavy atom. The van der Waals surface area contributed by atoms with Gasteiger partial charge < -0.3 is 10.1 Å². The molecule has 0 aliphatic carbocycles. The van der Waals surface area contributed by atoms with Crippen LogP contribution in [0, 0.1) is 23.4 Å². The van der Waals surface area contributed by atoms with E-state index in [1.54, 1.807) is 0 Å². The van der Waals surface area contributed by atoms with Crippen molar-refractivity contribution in [3.8, 4) is 5.75 Å². The summed E-state index contributed by atoms with van der Waals surface area (Å²) in [5.74, 6) is -2.31. The van der Waals surface area contributed by atoms with Crippen LogP contribution < -0.4 is 10.1 Å². The number of ether oxygens (including phenoxy) is 1. The van der Waals surface area contributed by atoms with Crippen molar-refractivity contribution in [3.63, 3.8) is 0 Å². The highest BCUT2D eigenvalue weighted by atomic mass is 19.2. The molecule has 1 N–H and O–H groups in total. The SMILES string of the molecule is CC1COc2ccccc2C1Nc1cc(F)c(F)cc1F. The van der Waals surface area contributed by atoms with Crippen LogP contribution in [0.2, 0.25) is 0 Å². The van der Waals surface area contributed by atoms with Crippen molar-refractivity contribution >= 4 is 5.69 Å². The van der Waals surface area contributed by atoms with E-state index in [1.165, 1.54) is 0 Å². The maximum absolute atomic E-state index is 13.8. The average Bonchev–Trinajstić information content (AvgIpc) is 2.47. The highest BCUT2D eigenvalue weighted by Gasteiger charge is 2.28. The second kappa shape index (κ2) is 5.31. The van der Waals surface area contributed by atoms with Gasteiger partial charge >= 0.3 is 0 Å². The standard InChI is InChI=1S/C16H14F3NO/c1-9-8-21-15-5-3-2-4-10(15)16(9)20-14-7-12(18)11(17)6-13(14)19/h2-7,9,16,20H,8H2,1H3. The Hall–Kier alpha value is -2.17. The zero-order chi connectivity index (χ0) is 15.0. The molecule has 1 heterocycles. The van der Waals surface area contributed by atoms with E-state index in [9.17, 15) is 13.2 Å². The zero-order valence-corrected chi connectivity index (χ0v) is 11.4. The van der Waals surface area contributed by atoms with Crippen molar-refractivity contribution in [1.82, 2.24) is 0 Å². The summed E-state index contributed by atoms with van der Waals surface area (Å²) in [6.07, 6.45) is 0. The molecule has 3 rings (SSSR count). The first-order valence-electron chi connectivity index (χ1n) is 6.69. The lowest BCUT2D eigenvalue weighted by molar-refractivity contribution is 0.214. The van der Waals surface area contributed by atoms with Gasteiger partial charge in [-0.15, -0.1) is 0 Å². The van der Waals surface area contributed by atoms with Crippen LogP contribution in [-0.2, 0) is 0 Å². The predicted molar refractivity (Wildman–Crippen MR) is 73.8 cm³/mol. The first-order chi connectivity index (χ1) is 10.1. The molecule has 110 valence electrons. The molecule has 2 aromatic rings. The minimum atomic E-state index is -1.20. The van der Waals surface area contributed by atoms with Crippen LogP contribution in [-0.4, -0.2) is 6.61 Å². The van der Waals surface area contributed by atoms with Crippen LogP contribution >= 0.6 is 0 Å². The Labute approximate surface area is 120 Å². The molecule has 0 amide bonds. The number of nitrogens with one attached hydrogen (secondary N) is 1. The molecule has 0 fully saturated rings. The highest BCUT2D eigenvalue weighted by molar-refractivity contribution is 5.50. The molecule has 0 aromatic heterocycles. The molecule has 2 unspecified atom stereocenters. The number of benzene rings is 2. The first kappa shape index (κ1) is 13.8. The van der Waals surface area contributed by atoms with Crippen LogP contribution in [0.3, 0.4) is 0 Å². The fourth-order valence-electron chi connectivity index (χ4n) is 2.51. The molecule has 2 aromatic carbocycles. The molecule has 0 spiro atoms. The summed E-state index contributed by atoms with van der Waals surface area (Å²) in [6.45, 7) is 2.42. The van der Waals surface area contributed by atoms with Gasteiger partial charge in [0.05, 0.1) is 18.3 Å². The monoisotopic (exact) mass is 293 g/mol. The van der Waals surface area contributed by atoms with E-state index in [2.05, 4.69) is 5.32 Å². The summed E-state index contributed by atoms with van der Waals surface area (Å²) in [5, 5.41) is 2.96. The topological polar surface area (TPSA) is 21.3 Å². The maximum Gasteiger partial charge on any atom is 0.161 e. The van der Waals surface area contributed by atoms with E-state index < -0.39 is 17.5 Å². The zero-order valence-electron chi connectivity index (χ0n) is 11.4. The van der Waals surface area contributed by atoms with Crippen molar-refractivity contribution in [3.05, 3.63) is 59.4 Å². The quantitative estimate of drug-likeness (QED) is 0.834. The van der Waals surface area contributed by atoms with Crippen molar-refractivity contribution in [2.24, 2.45) is 5.92 Å². The second-order valence-corrected chi connectivity index (χ2v) is 5.19. The normalized spacial score (nSPS) is 20.6. The maximum atomic E-state index is 13.8. The minimum Gasteiger partial charge on any atom is -0.493 e. The fourth-order valence-corrected chi connectivity index (χ4v) is 2.51. The lowest BCUT2D eigenvalue weighted by Crippen LogP contribution is -2.29. The van der Waals surface area contributed by atoms with E-state index in [-0.39, 0.29) is 17.6 Å². The number of halogens is 3. The molecule has 0 saturated carbocycles. The molecule has 1 aliphatic heterocycles. The fraction of sp³-hybridized carbons (Fsp3) is 0.250. The molecule has 2 atom stereocenters. The lowest BCUT2D eigenvalue weighted by Gasteiger charge is -2.32. The van der Waals surface area contributed by atoms with Gasteiger partial charge in [-0.2, -0.15) is 0 Å². The second-order valence-electron chi connectivity index (χ2n) is 5.19. The average molecular weight is 293 g/mol. The van der Waals surface area contributed by atoms with Gasteiger partial charge in [0, 0.05) is 23.6 Å². The lowest BCUT2D eigenvalue weighted by atomic mass is 9.92. The van der Waals surface area contributed by atoms with Gasteiger partial charge in [0.1, 0.15) is 11.6 Å². The molecule has 21 heavy (non-hydrogen) atoms. The summed E-state index contributed by atoms with van der Waals surface area (Å²) < 4.78 is 45.7. The van der Waals surface area contributed by atoms with E-state index in [1.807, 2.05) is 31.2 Å². The van der Waals surface area contributed by atoms with Gasteiger partial charge in [-0.05, 0) is 6.07 Å². The largest absolute Gasteiger partial charge is 0.493 e. The van der Waals surface area contributed by atoms with Crippen molar-refractivity contribution < 1.29 is 17.9 Å². The number of hydrogen-bond acceptors (Lipinski definition) is 2. The minimum absolute atomic E-state index is 0.0533. The molecule has 0 saturated heterocycles. The molecular weight excluding hydrogens is 279 g/mol. The number of para-hydroxylation sites is 1. The third-order valence-electron chi connectivity index (χ3n) is 3.65. The smallest absolute Gasteiger partial charge is 0.161 e. The van der Waals surface area contributed by atoms with Crippen LogP contribution in [0.5, 0.6) is 5.75 Å². The number of fused-ring (bicyclic) bond motifs is 1. The van der Waals surface area contributed by atoms with Gasteiger partial charge in [0.15, 0.2) is 11.6 Å². The van der Waals surface area contributed by atoms with Gasteiger partial charge in [-0.3, -0.25) is 0 Å². The van der Waals surface area contributed by atoms with E-state index >= 15 is 0 Å². The molecular formula is C16H14F3NO. The van der Waals surface area contributed by atoms with E-state index in [4.69, 9.17) is 4.74 Å². The van der Waals surface area contributed by atoms with Gasteiger partial charge in [-0.25, -0.2) is 13.2 Å². The first-order valence-corrected chi connectivity index (χ1v) is 6.69. The summed E-state index contributed by atoms with van der Waals surface area (Å²) in [4.78, 5) is 0. The summed E-state index contributed by atoms with van der Waals surface area (Å²) >= 11 is 0. The highest BCUT2D eigenvalue weighted by Crippen LogP contribution is 2.37. The van der Waals surface area contributed by atoms with Crippen molar-refractivity contribution in [2.45, 2.75) is 13.0 Å². The van der Waals surface area contributed by atoms with Crippen molar-refractivity contribution in [2.75, 3.05) is 11.9 Å². The predicted octanol–water partition coefficient (Wildman–Crippen LogP) is 4.29. The third kappa shape index (κ3) is 2.55.